The van der Waals surface area contributed by atoms with E-state index in [0.29, 0.717) is 18.1 Å². The Morgan fingerprint density at radius 3 is 2.97 bits per heavy atom. The van der Waals surface area contributed by atoms with Gasteiger partial charge in [-0.2, -0.15) is 0 Å². The summed E-state index contributed by atoms with van der Waals surface area (Å²) in [6.07, 6.45) is 3.71. The zero-order chi connectivity index (χ0) is 21.4. The van der Waals surface area contributed by atoms with Gasteiger partial charge in [0.25, 0.3) is 5.91 Å². The number of nitrogens with zero attached hydrogens (tertiary/aromatic N) is 2. The molecule has 0 bridgehead atoms. The summed E-state index contributed by atoms with van der Waals surface area (Å²) in [5.41, 5.74) is 3.07. The summed E-state index contributed by atoms with van der Waals surface area (Å²) in [5, 5.41) is 3.86. The van der Waals surface area contributed by atoms with Crippen LogP contribution in [-0.2, 0) is 11.2 Å². The highest BCUT2D eigenvalue weighted by Crippen LogP contribution is 2.36. The average molecular weight is 433 g/mol. The molecule has 0 saturated carbocycles. The average Bonchev–Trinajstić information content (AvgIpc) is 3.42. The van der Waals surface area contributed by atoms with E-state index in [0.717, 1.165) is 27.0 Å². The Morgan fingerprint density at radius 1 is 1.29 bits per heavy atom. The number of fused-ring (bicyclic) bond motifs is 2. The second kappa shape index (κ2) is 7.96. The minimum Gasteiger partial charge on any atom is -0.448 e. The molecule has 7 nitrogen and oxygen atoms in total. The van der Waals surface area contributed by atoms with Crippen molar-refractivity contribution in [1.82, 2.24) is 15.3 Å². The molecule has 31 heavy (non-hydrogen) atoms. The molecule has 2 aromatic heterocycles. The molecule has 0 saturated heterocycles. The summed E-state index contributed by atoms with van der Waals surface area (Å²) in [6, 6.07) is 15.1. The molecule has 0 spiro atoms. The maximum atomic E-state index is 13.0. The van der Waals surface area contributed by atoms with Gasteiger partial charge in [0.05, 0.1) is 5.69 Å². The molecule has 4 aromatic rings. The minimum absolute atomic E-state index is 0.164. The van der Waals surface area contributed by atoms with E-state index in [-0.39, 0.29) is 11.6 Å². The topological polar surface area (TPSA) is 91.2 Å². The van der Waals surface area contributed by atoms with Crippen molar-refractivity contribution < 1.29 is 14.0 Å². The quantitative estimate of drug-likeness (QED) is 0.514. The Hall–Kier alpha value is -3.52. The molecule has 2 amide bonds. The summed E-state index contributed by atoms with van der Waals surface area (Å²) in [7, 11) is 1.73. The summed E-state index contributed by atoms with van der Waals surface area (Å²) < 4.78 is 5.46. The van der Waals surface area contributed by atoms with Gasteiger partial charge in [0.1, 0.15) is 12.3 Å². The van der Waals surface area contributed by atoms with Crippen LogP contribution in [0.2, 0.25) is 0 Å². The number of H-pyrrole nitrogens is 1. The number of hydrogen-bond acceptors (Lipinski definition) is 5. The lowest BCUT2D eigenvalue weighted by atomic mass is 10.1. The Bertz CT molecular complexity index is 1260. The number of aromatic amines is 1. The van der Waals surface area contributed by atoms with Crippen molar-refractivity contribution in [2.75, 3.05) is 17.7 Å². The van der Waals surface area contributed by atoms with E-state index in [1.165, 1.54) is 6.26 Å². The number of hydrogen-bond donors (Lipinski definition) is 2. The number of carbonyl (C=O) groups excluding carboxylic acids is 2. The van der Waals surface area contributed by atoms with Gasteiger partial charge in [-0.25, -0.2) is 4.98 Å². The van der Waals surface area contributed by atoms with Crippen LogP contribution in [0, 0.1) is 0 Å². The third-order valence-corrected chi connectivity index (χ3v) is 6.45. The summed E-state index contributed by atoms with van der Waals surface area (Å²) >= 11 is 1.55. The van der Waals surface area contributed by atoms with Crippen LogP contribution >= 0.6 is 11.8 Å². The van der Waals surface area contributed by atoms with Gasteiger partial charge in [0.15, 0.2) is 11.6 Å². The standard InChI is InChI=1S/C23H20N4O3S/c1-27-19-10-15-7-8-24-16(15)11-20(19)31-13-18(23(27)29)26-22(28)17-12-30-21(25-17)9-14-5-3-2-4-6-14/h2-8,10-12,18,24H,9,13H2,1H3,(H,26,28)/t18-/m0/s1. The van der Waals surface area contributed by atoms with E-state index in [4.69, 9.17) is 4.42 Å². The lowest BCUT2D eigenvalue weighted by Gasteiger charge is -2.21. The number of aromatic nitrogens is 2. The molecule has 1 aliphatic rings. The van der Waals surface area contributed by atoms with Crippen molar-refractivity contribution >= 4 is 40.2 Å². The lowest BCUT2D eigenvalue weighted by Crippen LogP contribution is -2.48. The van der Waals surface area contributed by atoms with Crippen LogP contribution in [0.5, 0.6) is 0 Å². The highest BCUT2D eigenvalue weighted by Gasteiger charge is 2.31. The molecule has 0 fully saturated rings. The molecule has 2 aromatic carbocycles. The number of likely N-dealkylation sites (N-methyl/N-ethyl adjacent to an activating group) is 1. The molecular formula is C23H20N4O3S. The first-order valence-electron chi connectivity index (χ1n) is 9.89. The van der Waals surface area contributed by atoms with Crippen molar-refractivity contribution in [1.29, 1.82) is 0 Å². The Kier molecular flexibility index (Phi) is 4.99. The zero-order valence-corrected chi connectivity index (χ0v) is 17.6. The van der Waals surface area contributed by atoms with Gasteiger partial charge in [-0.1, -0.05) is 30.3 Å². The van der Waals surface area contributed by atoms with Crippen molar-refractivity contribution in [3.05, 3.63) is 78.1 Å². The molecule has 2 N–H and O–H groups in total. The highest BCUT2D eigenvalue weighted by molar-refractivity contribution is 7.99. The largest absolute Gasteiger partial charge is 0.448 e. The first kappa shape index (κ1) is 19.4. The molecule has 1 aliphatic heterocycles. The molecule has 5 rings (SSSR count). The van der Waals surface area contributed by atoms with E-state index < -0.39 is 11.9 Å². The number of rotatable bonds is 4. The maximum absolute atomic E-state index is 13.0. The number of nitrogens with one attached hydrogen (secondary N) is 2. The van der Waals surface area contributed by atoms with E-state index in [9.17, 15) is 9.59 Å². The smallest absolute Gasteiger partial charge is 0.273 e. The number of benzene rings is 2. The van der Waals surface area contributed by atoms with Gasteiger partial charge in [-0.05, 0) is 23.8 Å². The fourth-order valence-electron chi connectivity index (χ4n) is 3.65. The van der Waals surface area contributed by atoms with Crippen LogP contribution in [0.4, 0.5) is 5.69 Å². The lowest BCUT2D eigenvalue weighted by molar-refractivity contribution is -0.119. The fourth-order valence-corrected chi connectivity index (χ4v) is 4.76. The second-order valence-corrected chi connectivity index (χ2v) is 8.47. The third kappa shape index (κ3) is 3.82. The predicted molar refractivity (Wildman–Crippen MR) is 119 cm³/mol. The van der Waals surface area contributed by atoms with Crippen LogP contribution in [0.1, 0.15) is 21.9 Å². The van der Waals surface area contributed by atoms with Crippen molar-refractivity contribution in [2.24, 2.45) is 0 Å². The Balaban J connectivity index is 1.31. The van der Waals surface area contributed by atoms with Gasteiger partial charge >= 0.3 is 0 Å². The number of anilines is 1. The van der Waals surface area contributed by atoms with Crippen LogP contribution in [0.15, 0.2) is 70.3 Å². The monoisotopic (exact) mass is 432 g/mol. The van der Waals surface area contributed by atoms with E-state index in [1.807, 2.05) is 54.7 Å². The van der Waals surface area contributed by atoms with Crippen LogP contribution in [-0.4, -0.2) is 40.6 Å². The molecule has 8 heteroatoms. The SMILES string of the molecule is CN1C(=O)[C@@H](NC(=O)c2coc(Cc3ccccc3)n2)CSc2cc3[nH]ccc3cc21. The van der Waals surface area contributed by atoms with Crippen molar-refractivity contribution in [2.45, 2.75) is 17.4 Å². The Morgan fingerprint density at radius 2 is 2.13 bits per heavy atom. The molecule has 3 heterocycles. The van der Waals surface area contributed by atoms with E-state index in [1.54, 1.807) is 23.7 Å². The summed E-state index contributed by atoms with van der Waals surface area (Å²) in [6.45, 7) is 0. The summed E-state index contributed by atoms with van der Waals surface area (Å²) in [5.74, 6) is 0.302. The number of thioether (sulfide) groups is 1. The molecule has 0 radical (unpaired) electrons. The highest BCUT2D eigenvalue weighted by atomic mass is 32.2. The molecule has 0 aliphatic carbocycles. The molecule has 0 unspecified atom stereocenters. The van der Waals surface area contributed by atoms with Crippen LogP contribution in [0.25, 0.3) is 10.9 Å². The van der Waals surface area contributed by atoms with Crippen LogP contribution in [0.3, 0.4) is 0 Å². The first-order valence-corrected chi connectivity index (χ1v) is 10.9. The molecule has 1 atom stereocenters. The van der Waals surface area contributed by atoms with Gasteiger partial charge in [0, 0.05) is 41.2 Å². The first-order chi connectivity index (χ1) is 15.1. The predicted octanol–water partition coefficient (Wildman–Crippen LogP) is 3.61. The van der Waals surface area contributed by atoms with E-state index in [2.05, 4.69) is 15.3 Å². The van der Waals surface area contributed by atoms with Crippen molar-refractivity contribution in [3.8, 4) is 0 Å². The number of oxazole rings is 1. The Labute approximate surface area is 182 Å². The fraction of sp³-hybridized carbons (Fsp3) is 0.174. The van der Waals surface area contributed by atoms with Crippen LogP contribution < -0.4 is 10.2 Å². The second-order valence-electron chi connectivity index (χ2n) is 7.41. The summed E-state index contributed by atoms with van der Waals surface area (Å²) in [4.78, 5) is 35.9. The zero-order valence-electron chi connectivity index (χ0n) is 16.8. The third-order valence-electron chi connectivity index (χ3n) is 5.32. The van der Waals surface area contributed by atoms with Gasteiger partial charge in [-0.15, -0.1) is 11.8 Å². The van der Waals surface area contributed by atoms with Gasteiger partial charge < -0.3 is 19.6 Å². The van der Waals surface area contributed by atoms with Gasteiger partial charge in [-0.3, -0.25) is 9.59 Å². The number of amides is 2. The van der Waals surface area contributed by atoms with Crippen molar-refractivity contribution in [3.63, 3.8) is 0 Å². The molecular weight excluding hydrogens is 412 g/mol. The van der Waals surface area contributed by atoms with E-state index >= 15 is 0 Å². The minimum atomic E-state index is -0.664. The van der Waals surface area contributed by atoms with Gasteiger partial charge in [0.2, 0.25) is 5.91 Å². The number of carbonyl (C=O) groups is 2. The normalized spacial score (nSPS) is 16.2. The maximum Gasteiger partial charge on any atom is 0.273 e. The molecule has 156 valence electrons.